The minimum absolute atomic E-state index is 0.115. The van der Waals surface area contributed by atoms with Gasteiger partial charge in [0, 0.05) is 29.4 Å². The zero-order chi connectivity index (χ0) is 26.9. The number of rotatable bonds is 8. The predicted molar refractivity (Wildman–Crippen MR) is 146 cm³/mol. The molecule has 3 aromatic heterocycles. The highest BCUT2D eigenvalue weighted by Crippen LogP contribution is 2.38. The summed E-state index contributed by atoms with van der Waals surface area (Å²) in [6, 6.07) is 11.3. The smallest absolute Gasteiger partial charge is 0.246 e. The second-order valence-corrected chi connectivity index (χ2v) is 8.92. The fraction of sp³-hybridized carbons (Fsp3) is 0.179. The van der Waals surface area contributed by atoms with Crippen molar-refractivity contribution in [1.29, 1.82) is 0 Å². The molecule has 0 bridgehead atoms. The van der Waals surface area contributed by atoms with Gasteiger partial charge >= 0.3 is 0 Å². The van der Waals surface area contributed by atoms with Gasteiger partial charge in [-0.05, 0) is 35.9 Å². The Bertz CT molecular complexity index is 1710. The van der Waals surface area contributed by atoms with Gasteiger partial charge in [-0.15, -0.1) is 0 Å². The van der Waals surface area contributed by atoms with E-state index < -0.39 is 0 Å². The summed E-state index contributed by atoms with van der Waals surface area (Å²) in [5.74, 6) is 2.17. The van der Waals surface area contributed by atoms with Crippen molar-refractivity contribution >= 4 is 34.0 Å². The average molecular weight is 524 g/mol. The number of carbonyl (C=O) groups is 1. The van der Waals surface area contributed by atoms with Crippen LogP contribution in [0.4, 0.5) is 11.5 Å². The minimum atomic E-state index is -0.155. The largest absolute Gasteiger partial charge is 0.495 e. The van der Waals surface area contributed by atoms with Gasteiger partial charge in [-0.25, -0.2) is 19.5 Å². The van der Waals surface area contributed by atoms with Gasteiger partial charge in [-0.1, -0.05) is 12.6 Å². The Morgan fingerprint density at radius 1 is 1.08 bits per heavy atom. The van der Waals surface area contributed by atoms with Crippen LogP contribution >= 0.6 is 0 Å². The first-order valence-corrected chi connectivity index (χ1v) is 12.2. The van der Waals surface area contributed by atoms with Crippen LogP contribution in [-0.4, -0.2) is 68.8 Å². The van der Waals surface area contributed by atoms with E-state index in [1.807, 2.05) is 36.5 Å². The quantitative estimate of drug-likeness (QED) is 0.303. The van der Waals surface area contributed by atoms with E-state index in [1.54, 1.807) is 42.1 Å². The zero-order valence-corrected chi connectivity index (χ0v) is 21.4. The number of fused-ring (bicyclic) bond motifs is 2. The molecule has 39 heavy (non-hydrogen) atoms. The van der Waals surface area contributed by atoms with E-state index in [-0.39, 0.29) is 12.0 Å². The summed E-state index contributed by atoms with van der Waals surface area (Å²) in [7, 11) is 3.19. The summed E-state index contributed by atoms with van der Waals surface area (Å²) in [6.45, 7) is 4.49. The lowest BCUT2D eigenvalue weighted by Gasteiger charge is -2.38. The van der Waals surface area contributed by atoms with E-state index in [2.05, 4.69) is 31.9 Å². The first kappa shape index (κ1) is 24.2. The molecule has 1 aliphatic rings. The van der Waals surface area contributed by atoms with E-state index in [0.717, 1.165) is 22.2 Å². The zero-order valence-electron chi connectivity index (χ0n) is 21.4. The fourth-order valence-electron chi connectivity index (χ4n) is 4.55. The molecule has 5 aromatic rings. The minimum Gasteiger partial charge on any atom is -0.495 e. The molecule has 4 heterocycles. The number of amides is 1. The lowest BCUT2D eigenvalue weighted by atomic mass is 10.1. The van der Waals surface area contributed by atoms with E-state index in [9.17, 15) is 4.79 Å². The highest BCUT2D eigenvalue weighted by molar-refractivity contribution is 5.94. The van der Waals surface area contributed by atoms with E-state index >= 15 is 0 Å². The van der Waals surface area contributed by atoms with Crippen LogP contribution in [0, 0.1) is 0 Å². The monoisotopic (exact) mass is 523 g/mol. The summed E-state index contributed by atoms with van der Waals surface area (Å²) >= 11 is 0. The lowest BCUT2D eigenvalue weighted by Crippen LogP contribution is -2.55. The van der Waals surface area contributed by atoms with Gasteiger partial charge in [-0.2, -0.15) is 5.10 Å². The summed E-state index contributed by atoms with van der Waals surface area (Å²) < 4.78 is 19.1. The number of hydrogen-bond acceptors (Lipinski definition) is 9. The Labute approximate surface area is 223 Å². The van der Waals surface area contributed by atoms with Gasteiger partial charge in [0.1, 0.15) is 24.0 Å². The van der Waals surface area contributed by atoms with Crippen molar-refractivity contribution in [2.45, 2.75) is 6.10 Å². The molecule has 0 radical (unpaired) electrons. The number of carbonyl (C=O) groups excluding carboxylic acids is 1. The summed E-state index contributed by atoms with van der Waals surface area (Å²) in [4.78, 5) is 26.9. The standard InChI is InChI=1S/C28H25N7O4/c1-4-26(36)34-14-18(15-34)39-25-11-19-21(12-24(25)38-3)30-16-31-27(19)33-22-10-17(6-7-23(22)37-2)20-13-32-35-9-5-8-29-28(20)35/h4-13,16,18H,1,14-15H2,2-3H3,(H,30,31,33). The molecular weight excluding hydrogens is 498 g/mol. The van der Waals surface area contributed by atoms with Crippen LogP contribution in [0.25, 0.3) is 27.7 Å². The van der Waals surface area contributed by atoms with Crippen LogP contribution in [0.2, 0.25) is 0 Å². The second kappa shape index (κ2) is 9.93. The van der Waals surface area contributed by atoms with Crippen LogP contribution in [0.5, 0.6) is 17.2 Å². The fourth-order valence-corrected chi connectivity index (χ4v) is 4.55. The number of benzene rings is 2. The molecule has 11 heteroatoms. The number of nitrogens with zero attached hydrogens (tertiary/aromatic N) is 6. The van der Waals surface area contributed by atoms with Gasteiger partial charge in [0.15, 0.2) is 17.1 Å². The van der Waals surface area contributed by atoms with Crippen molar-refractivity contribution < 1.29 is 19.0 Å². The van der Waals surface area contributed by atoms with Gasteiger partial charge in [0.2, 0.25) is 5.91 Å². The Morgan fingerprint density at radius 3 is 2.72 bits per heavy atom. The van der Waals surface area contributed by atoms with Crippen molar-refractivity contribution in [3.8, 4) is 28.4 Å². The van der Waals surface area contributed by atoms with Gasteiger partial charge in [-0.3, -0.25) is 4.79 Å². The number of methoxy groups -OCH3 is 2. The van der Waals surface area contributed by atoms with Crippen molar-refractivity contribution in [2.75, 3.05) is 32.6 Å². The molecule has 1 N–H and O–H groups in total. The molecule has 1 saturated heterocycles. The SMILES string of the molecule is C=CC(=O)N1CC(Oc2cc3c(Nc4cc(-c5cnn6cccnc56)ccc4OC)ncnc3cc2OC)C1. The number of likely N-dealkylation sites (tertiary alicyclic amines) is 1. The third-order valence-corrected chi connectivity index (χ3v) is 6.59. The first-order chi connectivity index (χ1) is 19.1. The topological polar surface area (TPSA) is 116 Å². The highest BCUT2D eigenvalue weighted by atomic mass is 16.5. The summed E-state index contributed by atoms with van der Waals surface area (Å²) in [6.07, 6.45) is 8.01. The Balaban J connectivity index is 1.35. The normalized spacial score (nSPS) is 13.2. The molecule has 2 aromatic carbocycles. The number of anilines is 2. The lowest BCUT2D eigenvalue weighted by molar-refractivity contribution is -0.134. The molecule has 0 atom stereocenters. The van der Waals surface area contributed by atoms with Crippen molar-refractivity contribution in [2.24, 2.45) is 0 Å². The Kier molecular flexibility index (Phi) is 6.16. The molecule has 196 valence electrons. The third-order valence-electron chi connectivity index (χ3n) is 6.59. The van der Waals surface area contributed by atoms with E-state index in [0.29, 0.717) is 47.4 Å². The highest BCUT2D eigenvalue weighted by Gasteiger charge is 2.31. The maximum atomic E-state index is 11.8. The molecule has 0 unspecified atom stereocenters. The molecule has 11 nitrogen and oxygen atoms in total. The molecule has 0 spiro atoms. The Morgan fingerprint density at radius 2 is 1.92 bits per heavy atom. The molecule has 6 rings (SSSR count). The Hall–Kier alpha value is -5.19. The first-order valence-electron chi connectivity index (χ1n) is 12.2. The summed E-state index contributed by atoms with van der Waals surface area (Å²) in [5, 5.41) is 8.54. The molecule has 1 aliphatic heterocycles. The van der Waals surface area contributed by atoms with Crippen molar-refractivity contribution in [3.05, 3.63) is 74.0 Å². The summed E-state index contributed by atoms with van der Waals surface area (Å²) in [5.41, 5.74) is 3.94. The molecule has 1 fully saturated rings. The van der Waals surface area contributed by atoms with Gasteiger partial charge in [0.05, 0.1) is 44.7 Å². The number of nitrogens with one attached hydrogen (secondary N) is 1. The van der Waals surface area contributed by atoms with Crippen LogP contribution in [0.15, 0.2) is 74.0 Å². The number of hydrogen-bond donors (Lipinski definition) is 1. The van der Waals surface area contributed by atoms with E-state index in [4.69, 9.17) is 14.2 Å². The number of ether oxygens (including phenoxy) is 3. The van der Waals surface area contributed by atoms with Crippen LogP contribution < -0.4 is 19.5 Å². The molecular formula is C28H25N7O4. The van der Waals surface area contributed by atoms with Crippen LogP contribution in [0.3, 0.4) is 0 Å². The predicted octanol–water partition coefficient (Wildman–Crippen LogP) is 3.88. The van der Waals surface area contributed by atoms with Crippen molar-refractivity contribution in [1.82, 2.24) is 29.5 Å². The number of aromatic nitrogens is 5. The molecule has 0 aliphatic carbocycles. The van der Waals surface area contributed by atoms with Gasteiger partial charge in [0.25, 0.3) is 0 Å². The second-order valence-electron chi connectivity index (χ2n) is 8.92. The van der Waals surface area contributed by atoms with Crippen molar-refractivity contribution in [3.63, 3.8) is 0 Å². The average Bonchev–Trinajstić information content (AvgIpc) is 3.38. The van der Waals surface area contributed by atoms with Crippen LogP contribution in [0.1, 0.15) is 0 Å². The molecule has 0 saturated carbocycles. The van der Waals surface area contributed by atoms with Gasteiger partial charge < -0.3 is 24.4 Å². The molecule has 1 amide bonds. The van der Waals surface area contributed by atoms with Crippen LogP contribution in [-0.2, 0) is 4.79 Å². The third kappa shape index (κ3) is 4.43. The maximum absolute atomic E-state index is 11.8. The van der Waals surface area contributed by atoms with E-state index in [1.165, 1.54) is 12.4 Å². The maximum Gasteiger partial charge on any atom is 0.246 e.